The highest BCUT2D eigenvalue weighted by Gasteiger charge is 2.16. The predicted molar refractivity (Wildman–Crippen MR) is 93.5 cm³/mol. The van der Waals surface area contributed by atoms with E-state index in [1.165, 1.54) is 0 Å². The minimum Gasteiger partial charge on any atom is -0.353 e. The van der Waals surface area contributed by atoms with Crippen LogP contribution in [0.15, 0.2) is 42.6 Å². The second-order valence-electron chi connectivity index (χ2n) is 5.49. The number of aromatic nitrogens is 1. The van der Waals surface area contributed by atoms with Gasteiger partial charge in [0.05, 0.1) is 11.9 Å². The van der Waals surface area contributed by atoms with Crippen molar-refractivity contribution in [3.8, 4) is 0 Å². The third-order valence-corrected chi connectivity index (χ3v) is 4.15. The van der Waals surface area contributed by atoms with E-state index < -0.39 is 0 Å². The summed E-state index contributed by atoms with van der Waals surface area (Å²) in [4.78, 5) is 31.1. The molecule has 0 unspecified atom stereocenters. The van der Waals surface area contributed by atoms with Crippen molar-refractivity contribution in [1.82, 2.24) is 9.88 Å². The summed E-state index contributed by atoms with van der Waals surface area (Å²) >= 11 is 5.82. The average Bonchev–Trinajstić information content (AvgIpc) is 2.63. The maximum Gasteiger partial charge on any atom is 0.255 e. The lowest BCUT2D eigenvalue weighted by molar-refractivity contribution is -0.118. The zero-order valence-corrected chi connectivity index (χ0v) is 13.7. The van der Waals surface area contributed by atoms with Crippen LogP contribution >= 0.6 is 11.6 Å². The Balaban J connectivity index is 1.61. The number of halogens is 1. The highest BCUT2D eigenvalue weighted by atomic mass is 35.5. The Bertz CT molecular complexity index is 710. The molecule has 0 spiro atoms. The third kappa shape index (κ3) is 3.83. The molecule has 6 nitrogen and oxygen atoms in total. The van der Waals surface area contributed by atoms with Gasteiger partial charge in [-0.1, -0.05) is 11.6 Å². The Labute approximate surface area is 145 Å². The number of hydrogen-bond acceptors (Lipinski definition) is 4. The van der Waals surface area contributed by atoms with Crippen LogP contribution in [0.4, 0.5) is 11.5 Å². The van der Waals surface area contributed by atoms with Crippen molar-refractivity contribution < 1.29 is 9.59 Å². The molecule has 1 aliphatic rings. The van der Waals surface area contributed by atoms with E-state index in [0.29, 0.717) is 29.4 Å². The minimum atomic E-state index is -0.208. The highest BCUT2D eigenvalue weighted by Crippen LogP contribution is 2.17. The van der Waals surface area contributed by atoms with Gasteiger partial charge in [0.15, 0.2) is 0 Å². The van der Waals surface area contributed by atoms with Gasteiger partial charge in [-0.2, -0.15) is 0 Å². The molecule has 2 amide bonds. The van der Waals surface area contributed by atoms with Crippen molar-refractivity contribution >= 4 is 35.4 Å². The minimum absolute atomic E-state index is 0.208. The first kappa shape index (κ1) is 16.3. The van der Waals surface area contributed by atoms with Crippen LogP contribution in [0.2, 0.25) is 5.02 Å². The van der Waals surface area contributed by atoms with Crippen LogP contribution in [0.25, 0.3) is 0 Å². The molecule has 1 N–H and O–H groups in total. The lowest BCUT2D eigenvalue weighted by Crippen LogP contribution is -2.46. The van der Waals surface area contributed by atoms with E-state index in [4.69, 9.17) is 11.6 Å². The topological polar surface area (TPSA) is 65.5 Å². The number of piperazine rings is 1. The van der Waals surface area contributed by atoms with Gasteiger partial charge in [0.1, 0.15) is 5.82 Å². The van der Waals surface area contributed by atoms with Crippen LogP contribution in [-0.4, -0.2) is 48.4 Å². The van der Waals surface area contributed by atoms with Crippen LogP contribution in [0, 0.1) is 0 Å². The maximum absolute atomic E-state index is 12.2. The van der Waals surface area contributed by atoms with Crippen LogP contribution in [-0.2, 0) is 4.79 Å². The molecule has 1 aliphatic heterocycles. The number of nitrogens with one attached hydrogen (secondary N) is 1. The van der Waals surface area contributed by atoms with Crippen LogP contribution < -0.4 is 10.2 Å². The van der Waals surface area contributed by atoms with Crippen LogP contribution in [0.1, 0.15) is 10.4 Å². The summed E-state index contributed by atoms with van der Waals surface area (Å²) in [5.74, 6) is 0.630. The fraction of sp³-hybridized carbons (Fsp3) is 0.235. The zero-order chi connectivity index (χ0) is 16.9. The Morgan fingerprint density at radius 3 is 2.38 bits per heavy atom. The Hall–Kier alpha value is -2.60. The van der Waals surface area contributed by atoms with Gasteiger partial charge in [-0.3, -0.25) is 9.59 Å². The number of carbonyl (C=O) groups is 2. The second kappa shape index (κ2) is 7.31. The monoisotopic (exact) mass is 344 g/mol. The fourth-order valence-electron chi connectivity index (χ4n) is 2.51. The lowest BCUT2D eigenvalue weighted by atomic mass is 10.2. The fourth-order valence-corrected chi connectivity index (χ4v) is 2.63. The van der Waals surface area contributed by atoms with E-state index in [2.05, 4.69) is 15.2 Å². The van der Waals surface area contributed by atoms with Gasteiger partial charge in [0.25, 0.3) is 5.91 Å². The molecule has 0 radical (unpaired) electrons. The summed E-state index contributed by atoms with van der Waals surface area (Å²) in [5, 5.41) is 3.40. The third-order valence-electron chi connectivity index (χ3n) is 3.90. The molecule has 2 heterocycles. The number of nitrogens with zero attached hydrogens (tertiary/aromatic N) is 3. The average molecular weight is 345 g/mol. The van der Waals surface area contributed by atoms with E-state index >= 15 is 0 Å². The van der Waals surface area contributed by atoms with Gasteiger partial charge in [-0.25, -0.2) is 4.98 Å². The van der Waals surface area contributed by atoms with Gasteiger partial charge in [0.2, 0.25) is 6.41 Å². The van der Waals surface area contributed by atoms with Gasteiger partial charge in [-0.05, 0) is 36.4 Å². The van der Waals surface area contributed by atoms with Gasteiger partial charge in [0, 0.05) is 36.8 Å². The number of anilines is 2. The molecule has 1 saturated heterocycles. The molecule has 0 aliphatic carbocycles. The molecular weight excluding hydrogens is 328 g/mol. The molecule has 3 rings (SSSR count). The number of carbonyl (C=O) groups excluding carboxylic acids is 2. The first-order valence-corrected chi connectivity index (χ1v) is 8.01. The first-order chi connectivity index (χ1) is 11.7. The number of hydrogen-bond donors (Lipinski definition) is 1. The summed E-state index contributed by atoms with van der Waals surface area (Å²) in [6.07, 6.45) is 2.51. The molecular formula is C17H17ClN4O2. The quantitative estimate of drug-likeness (QED) is 0.864. The maximum atomic E-state index is 12.2. The van der Waals surface area contributed by atoms with E-state index in [0.717, 1.165) is 25.3 Å². The number of amides is 2. The van der Waals surface area contributed by atoms with Crippen molar-refractivity contribution in [1.29, 1.82) is 0 Å². The highest BCUT2D eigenvalue weighted by molar-refractivity contribution is 6.30. The molecule has 1 fully saturated rings. The van der Waals surface area contributed by atoms with Gasteiger partial charge < -0.3 is 15.1 Å². The largest absolute Gasteiger partial charge is 0.353 e. The van der Waals surface area contributed by atoms with E-state index in [9.17, 15) is 9.59 Å². The van der Waals surface area contributed by atoms with E-state index in [1.807, 2.05) is 12.1 Å². The summed E-state index contributed by atoms with van der Waals surface area (Å²) in [5.41, 5.74) is 1.17. The van der Waals surface area contributed by atoms with E-state index in [1.54, 1.807) is 35.4 Å². The summed E-state index contributed by atoms with van der Waals surface area (Å²) in [7, 11) is 0. The second-order valence-corrected chi connectivity index (χ2v) is 5.93. The predicted octanol–water partition coefficient (Wildman–Crippen LogP) is 2.27. The summed E-state index contributed by atoms with van der Waals surface area (Å²) in [6.45, 7) is 2.89. The Morgan fingerprint density at radius 2 is 1.79 bits per heavy atom. The van der Waals surface area contributed by atoms with Crippen LogP contribution in [0.3, 0.4) is 0 Å². The lowest BCUT2D eigenvalue weighted by Gasteiger charge is -2.33. The number of pyridine rings is 1. The van der Waals surface area contributed by atoms with E-state index in [-0.39, 0.29) is 5.91 Å². The van der Waals surface area contributed by atoms with Gasteiger partial charge >= 0.3 is 0 Å². The summed E-state index contributed by atoms with van der Waals surface area (Å²) < 4.78 is 0. The zero-order valence-electron chi connectivity index (χ0n) is 13.0. The van der Waals surface area contributed by atoms with Crippen molar-refractivity contribution in [2.24, 2.45) is 0 Å². The molecule has 24 heavy (non-hydrogen) atoms. The molecule has 0 bridgehead atoms. The summed E-state index contributed by atoms with van der Waals surface area (Å²) in [6, 6.07) is 10.4. The van der Waals surface area contributed by atoms with Crippen molar-refractivity contribution in [2.75, 3.05) is 36.4 Å². The Kier molecular flexibility index (Phi) is 4.96. The smallest absolute Gasteiger partial charge is 0.255 e. The van der Waals surface area contributed by atoms with Crippen molar-refractivity contribution in [3.63, 3.8) is 0 Å². The number of rotatable bonds is 4. The van der Waals surface area contributed by atoms with Crippen molar-refractivity contribution in [2.45, 2.75) is 0 Å². The first-order valence-electron chi connectivity index (χ1n) is 7.63. The molecule has 124 valence electrons. The molecule has 0 saturated carbocycles. The van der Waals surface area contributed by atoms with Crippen molar-refractivity contribution in [3.05, 3.63) is 53.2 Å². The van der Waals surface area contributed by atoms with Crippen LogP contribution in [0.5, 0.6) is 0 Å². The standard InChI is InChI=1S/C17H17ClN4O2/c18-14-3-1-13(2-4-14)17(24)20-15-5-6-16(19-11-15)22-9-7-21(12-23)8-10-22/h1-6,11-12H,7-10H2,(H,20,24). The molecule has 0 atom stereocenters. The molecule has 2 aromatic rings. The SMILES string of the molecule is O=CN1CCN(c2ccc(NC(=O)c3ccc(Cl)cc3)cn2)CC1. The normalized spacial score (nSPS) is 14.4. The number of benzene rings is 1. The molecule has 7 heteroatoms. The van der Waals surface area contributed by atoms with Gasteiger partial charge in [-0.15, -0.1) is 0 Å². The molecule has 1 aromatic heterocycles. The Morgan fingerprint density at radius 1 is 1.08 bits per heavy atom. The molecule has 1 aromatic carbocycles.